The maximum absolute atomic E-state index is 13.5. The number of aromatic nitrogens is 2. The van der Waals surface area contributed by atoms with Crippen molar-refractivity contribution in [2.75, 3.05) is 26.2 Å². The summed E-state index contributed by atoms with van der Waals surface area (Å²) in [5, 5.41) is 9.60. The lowest BCUT2D eigenvalue weighted by atomic mass is 10.1. The van der Waals surface area contributed by atoms with Crippen molar-refractivity contribution in [1.29, 1.82) is 0 Å². The van der Waals surface area contributed by atoms with Gasteiger partial charge in [-0.2, -0.15) is 0 Å². The molecule has 0 unspecified atom stereocenters. The fourth-order valence-electron chi connectivity index (χ4n) is 3.65. The van der Waals surface area contributed by atoms with Crippen molar-refractivity contribution < 1.29 is 9.50 Å². The van der Waals surface area contributed by atoms with Crippen LogP contribution in [0.4, 0.5) is 4.39 Å². The van der Waals surface area contributed by atoms with Gasteiger partial charge in [-0.05, 0) is 32.9 Å². The van der Waals surface area contributed by atoms with Crippen LogP contribution in [0.15, 0.2) is 18.2 Å². The average Bonchev–Trinajstić information content (AvgIpc) is 2.85. The molecule has 24 heavy (non-hydrogen) atoms. The van der Waals surface area contributed by atoms with Crippen LogP contribution in [0.2, 0.25) is 0 Å². The first-order chi connectivity index (χ1) is 11.5. The minimum atomic E-state index is -0.293. The van der Waals surface area contributed by atoms with Crippen LogP contribution in [0, 0.1) is 5.82 Å². The van der Waals surface area contributed by atoms with E-state index in [2.05, 4.69) is 33.2 Å². The lowest BCUT2D eigenvalue weighted by Crippen LogP contribution is -2.53. The van der Waals surface area contributed by atoms with E-state index in [1.54, 1.807) is 0 Å². The summed E-state index contributed by atoms with van der Waals surface area (Å²) < 4.78 is 15.6. The number of hydrogen-bond acceptors (Lipinski definition) is 4. The highest BCUT2D eigenvalue weighted by Crippen LogP contribution is 2.20. The summed E-state index contributed by atoms with van der Waals surface area (Å²) in [6.07, 6.45) is -0.293. The number of rotatable bonds is 5. The fourth-order valence-corrected chi connectivity index (χ4v) is 3.65. The minimum absolute atomic E-state index is 0.241. The van der Waals surface area contributed by atoms with Gasteiger partial charge >= 0.3 is 0 Å². The molecule has 1 aromatic heterocycles. The highest BCUT2D eigenvalue weighted by Gasteiger charge is 2.25. The van der Waals surface area contributed by atoms with Gasteiger partial charge in [0.25, 0.3) is 0 Å². The first-order valence-electron chi connectivity index (χ1n) is 8.77. The Labute approximate surface area is 142 Å². The van der Waals surface area contributed by atoms with Crippen LogP contribution < -0.4 is 0 Å². The van der Waals surface area contributed by atoms with Crippen LogP contribution in [-0.2, 0) is 13.1 Å². The van der Waals surface area contributed by atoms with E-state index in [0.29, 0.717) is 6.04 Å². The van der Waals surface area contributed by atoms with Crippen LogP contribution in [0.25, 0.3) is 11.0 Å². The largest absolute Gasteiger partial charge is 0.392 e. The van der Waals surface area contributed by atoms with Gasteiger partial charge in [0.2, 0.25) is 0 Å². The second-order valence-electron chi connectivity index (χ2n) is 6.83. The average molecular weight is 334 g/mol. The van der Waals surface area contributed by atoms with Gasteiger partial charge in [0.15, 0.2) is 0 Å². The highest BCUT2D eigenvalue weighted by atomic mass is 19.1. The van der Waals surface area contributed by atoms with Crippen LogP contribution in [-0.4, -0.2) is 62.8 Å². The normalized spacial score (nSPS) is 21.5. The molecule has 5 nitrogen and oxygen atoms in total. The van der Waals surface area contributed by atoms with Gasteiger partial charge in [-0.1, -0.05) is 0 Å². The quantitative estimate of drug-likeness (QED) is 0.909. The summed E-state index contributed by atoms with van der Waals surface area (Å²) in [6, 6.07) is 5.23. The molecule has 1 N–H and O–H groups in total. The number of halogens is 1. The van der Waals surface area contributed by atoms with Crippen LogP contribution >= 0.6 is 0 Å². The molecular formula is C18H27FN4O. The predicted octanol–water partition coefficient (Wildman–Crippen LogP) is 2.08. The van der Waals surface area contributed by atoms with Gasteiger partial charge < -0.3 is 9.67 Å². The molecule has 132 valence electrons. The molecule has 1 saturated heterocycles. The summed E-state index contributed by atoms with van der Waals surface area (Å²) in [7, 11) is 0. The van der Waals surface area contributed by atoms with Crippen molar-refractivity contribution >= 4 is 11.0 Å². The predicted molar refractivity (Wildman–Crippen MR) is 93.4 cm³/mol. The Balaban J connectivity index is 1.74. The van der Waals surface area contributed by atoms with Gasteiger partial charge in [-0.25, -0.2) is 9.37 Å². The molecule has 1 aromatic carbocycles. The third-order valence-corrected chi connectivity index (χ3v) is 4.82. The lowest BCUT2D eigenvalue weighted by Gasteiger charge is -2.40. The number of β-amino-alcohol motifs (C(OH)–C–C–N with tert-alkyl or cyclic N) is 1. The minimum Gasteiger partial charge on any atom is -0.392 e. The molecule has 2 atom stereocenters. The third kappa shape index (κ3) is 3.61. The topological polar surface area (TPSA) is 44.5 Å². The molecule has 3 rings (SSSR count). The standard InChI is InChI=1S/C18H27FN4O/c1-4-23-17-6-5-15(19)9-16(17)20-18(23)12-21-7-8-22(11-14(3)24)13(2)10-21/h5-6,9,13-14,24H,4,7-8,10-12H2,1-3H3/t13-,14-/m1/s1. The Morgan fingerprint density at radius 1 is 1.38 bits per heavy atom. The second kappa shape index (κ2) is 7.17. The zero-order valence-electron chi connectivity index (χ0n) is 14.7. The van der Waals surface area contributed by atoms with Crippen molar-refractivity contribution in [2.45, 2.75) is 46.0 Å². The second-order valence-corrected chi connectivity index (χ2v) is 6.83. The number of fused-ring (bicyclic) bond motifs is 1. The van der Waals surface area contributed by atoms with Crippen molar-refractivity contribution in [2.24, 2.45) is 0 Å². The number of aliphatic hydroxyl groups is 1. The smallest absolute Gasteiger partial charge is 0.125 e. The number of imidazole rings is 1. The molecule has 0 amide bonds. The van der Waals surface area contributed by atoms with E-state index in [-0.39, 0.29) is 11.9 Å². The Morgan fingerprint density at radius 3 is 2.83 bits per heavy atom. The molecule has 1 fully saturated rings. The van der Waals surface area contributed by atoms with E-state index < -0.39 is 0 Å². The molecule has 2 heterocycles. The summed E-state index contributed by atoms with van der Waals surface area (Å²) in [5.74, 6) is 0.754. The SMILES string of the molecule is CCn1c(CN2CCN(C[C@@H](C)O)[C@H](C)C2)nc2cc(F)ccc21. The van der Waals surface area contributed by atoms with Gasteiger partial charge in [0.1, 0.15) is 11.6 Å². The van der Waals surface area contributed by atoms with Crippen molar-refractivity contribution in [3.05, 3.63) is 29.8 Å². The first-order valence-corrected chi connectivity index (χ1v) is 8.77. The summed E-state index contributed by atoms with van der Waals surface area (Å²) in [4.78, 5) is 9.39. The summed E-state index contributed by atoms with van der Waals surface area (Å²) in [6.45, 7) is 11.3. The zero-order valence-corrected chi connectivity index (χ0v) is 14.7. The maximum atomic E-state index is 13.5. The van der Waals surface area contributed by atoms with Crippen molar-refractivity contribution in [1.82, 2.24) is 19.4 Å². The van der Waals surface area contributed by atoms with Crippen molar-refractivity contribution in [3.8, 4) is 0 Å². The summed E-state index contributed by atoms with van der Waals surface area (Å²) in [5.41, 5.74) is 1.72. The van der Waals surface area contributed by atoms with Crippen molar-refractivity contribution in [3.63, 3.8) is 0 Å². The third-order valence-electron chi connectivity index (χ3n) is 4.82. The van der Waals surface area contributed by atoms with E-state index in [0.717, 1.165) is 56.1 Å². The van der Waals surface area contributed by atoms with E-state index in [1.165, 1.54) is 12.1 Å². The van der Waals surface area contributed by atoms with E-state index in [1.807, 2.05) is 13.0 Å². The molecule has 0 aliphatic carbocycles. The number of nitrogens with zero attached hydrogens (tertiary/aromatic N) is 4. The number of aryl methyl sites for hydroxylation is 1. The molecular weight excluding hydrogens is 307 g/mol. The molecule has 1 aliphatic heterocycles. The molecule has 0 bridgehead atoms. The van der Waals surface area contributed by atoms with Gasteiger partial charge in [-0.3, -0.25) is 9.80 Å². The van der Waals surface area contributed by atoms with Gasteiger partial charge in [0.05, 0.1) is 23.7 Å². The Morgan fingerprint density at radius 2 is 2.17 bits per heavy atom. The maximum Gasteiger partial charge on any atom is 0.125 e. The fraction of sp³-hybridized carbons (Fsp3) is 0.611. The van der Waals surface area contributed by atoms with E-state index in [9.17, 15) is 9.50 Å². The monoisotopic (exact) mass is 334 g/mol. The molecule has 0 saturated carbocycles. The lowest BCUT2D eigenvalue weighted by molar-refractivity contribution is 0.0410. The van der Waals surface area contributed by atoms with E-state index >= 15 is 0 Å². The molecule has 2 aromatic rings. The molecule has 0 spiro atoms. The zero-order chi connectivity index (χ0) is 17.3. The molecule has 6 heteroatoms. The Bertz CT molecular complexity index is 700. The van der Waals surface area contributed by atoms with Crippen LogP contribution in [0.5, 0.6) is 0 Å². The molecule has 0 radical (unpaired) electrons. The van der Waals surface area contributed by atoms with Crippen LogP contribution in [0.1, 0.15) is 26.6 Å². The van der Waals surface area contributed by atoms with E-state index in [4.69, 9.17) is 0 Å². The number of aliphatic hydroxyl groups excluding tert-OH is 1. The van der Waals surface area contributed by atoms with Crippen LogP contribution in [0.3, 0.4) is 0 Å². The van der Waals surface area contributed by atoms with Gasteiger partial charge in [0, 0.05) is 44.8 Å². The van der Waals surface area contributed by atoms with Gasteiger partial charge in [-0.15, -0.1) is 0 Å². The summed E-state index contributed by atoms with van der Waals surface area (Å²) >= 11 is 0. The number of hydrogen-bond donors (Lipinski definition) is 1. The number of piperazine rings is 1. The number of benzene rings is 1. The first kappa shape index (κ1) is 17.3. The molecule has 1 aliphatic rings. The Kier molecular flexibility index (Phi) is 5.18. The Hall–Kier alpha value is -1.50. The highest BCUT2D eigenvalue weighted by molar-refractivity contribution is 5.76.